The molecule has 1 N–H and O–H groups in total. The summed E-state index contributed by atoms with van der Waals surface area (Å²) in [7, 11) is -1.22. The molecule has 0 heterocycles. The van der Waals surface area contributed by atoms with E-state index in [-0.39, 0.29) is 6.61 Å². The summed E-state index contributed by atoms with van der Waals surface area (Å²) in [6.07, 6.45) is 5.15. The van der Waals surface area contributed by atoms with Gasteiger partial charge < -0.3 is 9.42 Å². The predicted octanol–water partition coefficient (Wildman–Crippen LogP) is 2.38. The molecule has 0 fully saturated rings. The highest BCUT2D eigenvalue weighted by molar-refractivity contribution is 8.43. The monoisotopic (exact) mass is 258 g/mol. The molecule has 0 rings (SSSR count). The largest absolute Gasteiger partial charge is 0.442 e. The van der Waals surface area contributed by atoms with E-state index in [2.05, 4.69) is 11.4 Å². The molecule has 0 aliphatic heterocycles. The van der Waals surface area contributed by atoms with Crippen LogP contribution in [0.1, 0.15) is 39.0 Å². The topological polar surface area (TPSA) is 72.8 Å². The third-order valence-electron chi connectivity index (χ3n) is 1.85. The van der Waals surface area contributed by atoms with Crippen LogP contribution in [0.2, 0.25) is 0 Å². The van der Waals surface area contributed by atoms with Gasteiger partial charge in [0.2, 0.25) is 0 Å². The Morgan fingerprint density at radius 1 is 1.27 bits per heavy atom. The zero-order valence-corrected chi connectivity index (χ0v) is 10.9. The Morgan fingerprint density at radius 2 is 1.87 bits per heavy atom. The lowest BCUT2D eigenvalue weighted by molar-refractivity contribution is 0.307. The van der Waals surface area contributed by atoms with E-state index in [0.717, 1.165) is 32.8 Å². The second-order valence-corrected chi connectivity index (χ2v) is 7.36. The Bertz CT molecular complexity index is 233. The summed E-state index contributed by atoms with van der Waals surface area (Å²) >= 11 is 0. The van der Waals surface area contributed by atoms with E-state index in [0.29, 0.717) is 0 Å². The van der Waals surface area contributed by atoms with Gasteiger partial charge in [0.15, 0.2) is 0 Å². The molecule has 0 bridgehead atoms. The SMILES string of the molecule is CCCCCCCOS(=O)P(=O)(O)OC. The molecule has 15 heavy (non-hydrogen) atoms. The van der Waals surface area contributed by atoms with Crippen molar-refractivity contribution in [1.29, 1.82) is 0 Å². The van der Waals surface area contributed by atoms with Crippen LogP contribution in [-0.2, 0) is 24.0 Å². The Hall–Kier alpha value is 0.260. The highest BCUT2D eigenvalue weighted by Gasteiger charge is 2.28. The van der Waals surface area contributed by atoms with E-state index in [1.54, 1.807) is 0 Å². The molecule has 2 unspecified atom stereocenters. The highest BCUT2D eigenvalue weighted by atomic mass is 32.8. The van der Waals surface area contributed by atoms with Crippen molar-refractivity contribution in [1.82, 2.24) is 0 Å². The molecule has 0 aromatic carbocycles. The van der Waals surface area contributed by atoms with Gasteiger partial charge in [0.05, 0.1) is 6.61 Å². The minimum absolute atomic E-state index is 0.226. The second-order valence-electron chi connectivity index (χ2n) is 3.10. The summed E-state index contributed by atoms with van der Waals surface area (Å²) in [6, 6.07) is 0. The second kappa shape index (κ2) is 8.42. The molecule has 2 atom stereocenters. The van der Waals surface area contributed by atoms with Crippen molar-refractivity contribution in [3.05, 3.63) is 0 Å². The molecule has 0 aromatic rings. The molecule has 0 saturated heterocycles. The average Bonchev–Trinajstić information content (AvgIpc) is 2.22. The normalized spacial score (nSPS) is 17.3. The molecule has 0 amide bonds. The molecule has 0 spiro atoms. The third kappa shape index (κ3) is 7.19. The Morgan fingerprint density at radius 3 is 2.40 bits per heavy atom. The lowest BCUT2D eigenvalue weighted by atomic mass is 10.2. The van der Waals surface area contributed by atoms with E-state index in [9.17, 15) is 8.77 Å². The minimum Gasteiger partial charge on any atom is -0.313 e. The molecule has 0 radical (unpaired) electrons. The third-order valence-corrected chi connectivity index (χ3v) is 4.95. The summed E-state index contributed by atoms with van der Waals surface area (Å²) in [5, 5.41) is 0. The van der Waals surface area contributed by atoms with E-state index in [1.165, 1.54) is 6.42 Å². The maximum atomic E-state index is 11.0. The van der Waals surface area contributed by atoms with E-state index in [4.69, 9.17) is 9.08 Å². The van der Waals surface area contributed by atoms with Gasteiger partial charge in [0.1, 0.15) is 0 Å². The Balaban J connectivity index is 3.52. The van der Waals surface area contributed by atoms with Crippen LogP contribution in [0.3, 0.4) is 0 Å². The van der Waals surface area contributed by atoms with Crippen molar-refractivity contribution in [3.8, 4) is 0 Å². The number of rotatable bonds is 9. The van der Waals surface area contributed by atoms with Gasteiger partial charge in [-0.05, 0) is 6.42 Å². The van der Waals surface area contributed by atoms with E-state index in [1.807, 2.05) is 0 Å². The molecule has 0 aromatic heterocycles. The first-order valence-electron chi connectivity index (χ1n) is 4.99. The van der Waals surface area contributed by atoms with Crippen molar-refractivity contribution in [2.24, 2.45) is 0 Å². The first-order valence-corrected chi connectivity index (χ1v) is 8.24. The van der Waals surface area contributed by atoms with Crippen molar-refractivity contribution in [2.45, 2.75) is 39.0 Å². The number of unbranched alkanes of at least 4 members (excludes halogenated alkanes) is 4. The van der Waals surface area contributed by atoms with Gasteiger partial charge in [0.25, 0.3) is 10.7 Å². The lowest BCUT2D eigenvalue weighted by Crippen LogP contribution is -2.01. The maximum Gasteiger partial charge on any atom is 0.442 e. The van der Waals surface area contributed by atoms with Gasteiger partial charge in [-0.15, -0.1) is 0 Å². The summed E-state index contributed by atoms with van der Waals surface area (Å²) in [6.45, 7) is -1.73. The summed E-state index contributed by atoms with van der Waals surface area (Å²) in [5.41, 5.74) is 0. The zero-order valence-electron chi connectivity index (χ0n) is 9.18. The quantitative estimate of drug-likeness (QED) is 0.507. The summed E-state index contributed by atoms with van der Waals surface area (Å²) in [4.78, 5) is 8.94. The fraction of sp³-hybridized carbons (Fsp3) is 1.00. The van der Waals surface area contributed by atoms with E-state index < -0.39 is 17.5 Å². The van der Waals surface area contributed by atoms with Crippen LogP contribution in [0.4, 0.5) is 0 Å². The van der Waals surface area contributed by atoms with Crippen LogP contribution in [0, 0.1) is 0 Å². The van der Waals surface area contributed by atoms with Gasteiger partial charge in [-0.2, -0.15) is 0 Å². The molecular formula is C8H19O5PS. The summed E-state index contributed by atoms with van der Waals surface area (Å²) in [5.74, 6) is 0. The van der Waals surface area contributed by atoms with Gasteiger partial charge in [0, 0.05) is 7.11 Å². The van der Waals surface area contributed by atoms with Crippen LogP contribution in [-0.4, -0.2) is 22.8 Å². The van der Waals surface area contributed by atoms with Gasteiger partial charge in [-0.25, -0.2) is 8.77 Å². The fourth-order valence-electron chi connectivity index (χ4n) is 0.963. The minimum atomic E-state index is -4.08. The lowest BCUT2D eigenvalue weighted by Gasteiger charge is -2.07. The summed E-state index contributed by atoms with van der Waals surface area (Å²) < 4.78 is 30.9. The van der Waals surface area contributed by atoms with Crippen molar-refractivity contribution >= 4 is 17.5 Å². The molecule has 92 valence electrons. The van der Waals surface area contributed by atoms with Gasteiger partial charge in [-0.1, -0.05) is 32.6 Å². The first kappa shape index (κ1) is 15.3. The van der Waals surface area contributed by atoms with Gasteiger partial charge in [-0.3, -0.25) is 4.18 Å². The van der Waals surface area contributed by atoms with E-state index >= 15 is 0 Å². The van der Waals surface area contributed by atoms with Crippen molar-refractivity contribution in [3.63, 3.8) is 0 Å². The molecular weight excluding hydrogens is 239 g/mol. The molecule has 7 heteroatoms. The fourth-order valence-corrected chi connectivity index (χ4v) is 2.47. The maximum absolute atomic E-state index is 11.0. The predicted molar refractivity (Wildman–Crippen MR) is 59.7 cm³/mol. The molecule has 5 nitrogen and oxygen atoms in total. The van der Waals surface area contributed by atoms with Crippen molar-refractivity contribution < 1.29 is 22.4 Å². The Kier molecular flexibility index (Phi) is 8.56. The van der Waals surface area contributed by atoms with Crippen LogP contribution in [0.5, 0.6) is 0 Å². The standard InChI is InChI=1S/C8H19O5PS/c1-3-4-5-6-7-8-13-15(11)14(9,10)12-2/h3-8H2,1-2H3,(H,9,10). The van der Waals surface area contributed by atoms with Gasteiger partial charge >= 0.3 is 6.80 Å². The zero-order chi connectivity index (χ0) is 11.7. The first-order chi connectivity index (χ1) is 7.04. The molecule has 0 aliphatic rings. The number of hydrogen-bond donors (Lipinski definition) is 1. The smallest absolute Gasteiger partial charge is 0.313 e. The van der Waals surface area contributed by atoms with Crippen LogP contribution in [0.25, 0.3) is 0 Å². The van der Waals surface area contributed by atoms with Crippen LogP contribution < -0.4 is 0 Å². The number of hydrogen-bond acceptors (Lipinski definition) is 4. The average molecular weight is 258 g/mol. The van der Waals surface area contributed by atoms with Crippen molar-refractivity contribution in [2.75, 3.05) is 13.7 Å². The molecule has 0 aliphatic carbocycles. The van der Waals surface area contributed by atoms with Crippen LogP contribution in [0.15, 0.2) is 0 Å². The molecule has 0 saturated carbocycles. The van der Waals surface area contributed by atoms with Crippen LogP contribution >= 0.6 is 6.80 Å². The highest BCUT2D eigenvalue weighted by Crippen LogP contribution is 2.45. The Labute approximate surface area is 93.1 Å².